The average Bonchev–Trinajstić information content (AvgIpc) is 2.89. The van der Waals surface area contributed by atoms with E-state index in [9.17, 15) is 5.11 Å². The maximum Gasteiger partial charge on any atom is 0.165 e. The monoisotopic (exact) mass is 369 g/mol. The Kier molecular flexibility index (Phi) is 4.57. The lowest BCUT2D eigenvalue weighted by Gasteiger charge is -2.19. The zero-order valence-corrected chi connectivity index (χ0v) is 15.3. The zero-order valence-electron chi connectivity index (χ0n) is 14.5. The van der Waals surface area contributed by atoms with Gasteiger partial charge >= 0.3 is 0 Å². The van der Waals surface area contributed by atoms with Crippen molar-refractivity contribution in [2.24, 2.45) is 7.05 Å². The Morgan fingerprint density at radius 3 is 2.88 bits per heavy atom. The van der Waals surface area contributed by atoms with E-state index in [1.165, 1.54) is 0 Å². The lowest BCUT2D eigenvalue weighted by atomic mass is 10.0. The van der Waals surface area contributed by atoms with Gasteiger partial charge in [-0.05, 0) is 35.4 Å². The van der Waals surface area contributed by atoms with Crippen molar-refractivity contribution in [2.45, 2.75) is 13.1 Å². The van der Waals surface area contributed by atoms with Crippen LogP contribution in [-0.2, 0) is 20.1 Å². The highest BCUT2D eigenvalue weighted by Gasteiger charge is 2.20. The maximum absolute atomic E-state index is 10.5. The van der Waals surface area contributed by atoms with Gasteiger partial charge in [0.2, 0.25) is 0 Å². The molecule has 3 aromatic rings. The number of aromatic nitrogens is 2. The molecule has 0 spiro atoms. The smallest absolute Gasteiger partial charge is 0.165 e. The van der Waals surface area contributed by atoms with Crippen LogP contribution in [0.2, 0.25) is 5.02 Å². The van der Waals surface area contributed by atoms with Crippen molar-refractivity contribution in [1.29, 1.82) is 0 Å². The summed E-state index contributed by atoms with van der Waals surface area (Å²) in [5.41, 5.74) is 4.01. The average molecular weight is 370 g/mol. The molecule has 1 aromatic heterocycles. The van der Waals surface area contributed by atoms with E-state index in [0.29, 0.717) is 23.9 Å². The molecule has 1 aliphatic heterocycles. The van der Waals surface area contributed by atoms with E-state index in [-0.39, 0.29) is 5.75 Å². The number of phenols is 1. The molecule has 0 amide bonds. The van der Waals surface area contributed by atoms with Gasteiger partial charge in [0, 0.05) is 43.5 Å². The van der Waals surface area contributed by atoms with Crippen LogP contribution < -0.4 is 4.74 Å². The number of aromatic hydroxyl groups is 1. The summed E-state index contributed by atoms with van der Waals surface area (Å²) in [7, 11) is 1.99. The minimum Gasteiger partial charge on any atom is -0.504 e. The summed E-state index contributed by atoms with van der Waals surface area (Å²) in [6.45, 7) is 2.80. The number of benzene rings is 2. The van der Waals surface area contributed by atoms with Crippen molar-refractivity contribution in [2.75, 3.05) is 13.2 Å². The molecule has 0 atom stereocenters. The fourth-order valence-corrected chi connectivity index (χ4v) is 3.48. The highest BCUT2D eigenvalue weighted by molar-refractivity contribution is 6.30. The van der Waals surface area contributed by atoms with Crippen LogP contribution in [0.25, 0.3) is 11.1 Å². The molecule has 0 aliphatic carbocycles. The fraction of sp³-hybridized carbons (Fsp3) is 0.250. The summed E-state index contributed by atoms with van der Waals surface area (Å²) in [5.74, 6) is 0.739. The lowest BCUT2D eigenvalue weighted by molar-refractivity contribution is 0.214. The third-order valence-corrected chi connectivity index (χ3v) is 4.89. The van der Waals surface area contributed by atoms with Gasteiger partial charge in [0.05, 0.1) is 12.0 Å². The van der Waals surface area contributed by atoms with Gasteiger partial charge in [0.1, 0.15) is 6.61 Å². The van der Waals surface area contributed by atoms with Gasteiger partial charge in [-0.15, -0.1) is 0 Å². The highest BCUT2D eigenvalue weighted by Crippen LogP contribution is 2.38. The Bertz CT molecular complexity index is 939. The van der Waals surface area contributed by atoms with Crippen LogP contribution >= 0.6 is 11.6 Å². The standard InChI is InChI=1S/C20H20ClN3O2/c1-23-13-22-10-18(23)12-24-5-6-26-20-16(11-24)7-15(9-19(20)25)14-3-2-4-17(21)8-14/h2-4,7-10,13,25H,5-6,11-12H2,1H3. The molecule has 26 heavy (non-hydrogen) atoms. The van der Waals surface area contributed by atoms with Crippen LogP contribution in [0.5, 0.6) is 11.5 Å². The molecular formula is C20H20ClN3O2. The van der Waals surface area contributed by atoms with E-state index < -0.39 is 0 Å². The van der Waals surface area contributed by atoms with Gasteiger partial charge < -0.3 is 14.4 Å². The first-order valence-corrected chi connectivity index (χ1v) is 8.90. The summed E-state index contributed by atoms with van der Waals surface area (Å²) in [6.07, 6.45) is 3.69. The predicted octanol–water partition coefficient (Wildman–Crippen LogP) is 3.84. The molecular weight excluding hydrogens is 350 g/mol. The van der Waals surface area contributed by atoms with Crippen LogP contribution in [0.1, 0.15) is 11.3 Å². The van der Waals surface area contributed by atoms with Crippen molar-refractivity contribution < 1.29 is 9.84 Å². The molecule has 2 aromatic carbocycles. The summed E-state index contributed by atoms with van der Waals surface area (Å²) in [5, 5.41) is 11.2. The van der Waals surface area contributed by atoms with Crippen molar-refractivity contribution in [3.8, 4) is 22.6 Å². The first kappa shape index (κ1) is 16.9. The zero-order chi connectivity index (χ0) is 18.1. The Labute approximate surface area is 157 Å². The van der Waals surface area contributed by atoms with E-state index in [1.54, 1.807) is 12.4 Å². The molecule has 1 N–H and O–H groups in total. The topological polar surface area (TPSA) is 50.5 Å². The molecule has 0 saturated carbocycles. The molecule has 0 saturated heterocycles. The van der Waals surface area contributed by atoms with Gasteiger partial charge in [-0.25, -0.2) is 4.98 Å². The molecule has 0 radical (unpaired) electrons. The fourth-order valence-electron chi connectivity index (χ4n) is 3.29. The molecule has 2 heterocycles. The number of halogens is 1. The number of rotatable bonds is 3. The summed E-state index contributed by atoms with van der Waals surface area (Å²) in [6, 6.07) is 11.4. The minimum atomic E-state index is 0.167. The number of phenolic OH excluding ortho intramolecular Hbond substituents is 1. The van der Waals surface area contributed by atoms with E-state index in [2.05, 4.69) is 16.0 Å². The van der Waals surface area contributed by atoms with Crippen LogP contribution in [-0.4, -0.2) is 32.7 Å². The molecule has 0 fully saturated rings. The Hall–Kier alpha value is -2.50. The van der Waals surface area contributed by atoms with Gasteiger partial charge in [-0.1, -0.05) is 23.7 Å². The first-order chi connectivity index (χ1) is 12.6. The Balaban J connectivity index is 1.66. The number of nitrogens with zero attached hydrogens (tertiary/aromatic N) is 3. The largest absolute Gasteiger partial charge is 0.504 e. The Morgan fingerprint density at radius 2 is 2.12 bits per heavy atom. The SMILES string of the molecule is Cn1cncc1CN1CCOc2c(O)cc(-c3cccc(Cl)c3)cc2C1. The van der Waals surface area contributed by atoms with E-state index in [1.807, 2.05) is 42.1 Å². The Morgan fingerprint density at radius 1 is 1.23 bits per heavy atom. The number of ether oxygens (including phenoxy) is 1. The minimum absolute atomic E-state index is 0.167. The summed E-state index contributed by atoms with van der Waals surface area (Å²) in [4.78, 5) is 6.48. The second kappa shape index (κ2) is 7.02. The molecule has 1 aliphatic rings. The summed E-state index contributed by atoms with van der Waals surface area (Å²) < 4.78 is 7.85. The number of imidazole rings is 1. The number of aryl methyl sites for hydroxylation is 1. The predicted molar refractivity (Wildman–Crippen MR) is 101 cm³/mol. The van der Waals surface area contributed by atoms with Gasteiger partial charge in [0.25, 0.3) is 0 Å². The van der Waals surface area contributed by atoms with E-state index in [0.717, 1.165) is 35.5 Å². The highest BCUT2D eigenvalue weighted by atomic mass is 35.5. The van der Waals surface area contributed by atoms with Crippen LogP contribution in [0.3, 0.4) is 0 Å². The second-order valence-electron chi connectivity index (χ2n) is 6.55. The van der Waals surface area contributed by atoms with E-state index >= 15 is 0 Å². The lowest BCUT2D eigenvalue weighted by Crippen LogP contribution is -2.26. The number of hydrogen-bond acceptors (Lipinski definition) is 4. The van der Waals surface area contributed by atoms with Crippen molar-refractivity contribution in [1.82, 2.24) is 14.5 Å². The van der Waals surface area contributed by atoms with Crippen molar-refractivity contribution in [3.05, 3.63) is 65.2 Å². The molecule has 5 nitrogen and oxygen atoms in total. The third kappa shape index (κ3) is 3.41. The molecule has 4 rings (SSSR count). The van der Waals surface area contributed by atoms with Gasteiger partial charge in [-0.3, -0.25) is 4.90 Å². The second-order valence-corrected chi connectivity index (χ2v) is 6.99. The number of hydrogen-bond donors (Lipinski definition) is 1. The van der Waals surface area contributed by atoms with Crippen LogP contribution in [0, 0.1) is 0 Å². The third-order valence-electron chi connectivity index (χ3n) is 4.65. The van der Waals surface area contributed by atoms with Crippen molar-refractivity contribution in [3.63, 3.8) is 0 Å². The molecule has 134 valence electrons. The quantitative estimate of drug-likeness (QED) is 0.762. The molecule has 0 bridgehead atoms. The van der Waals surface area contributed by atoms with Crippen LogP contribution in [0.4, 0.5) is 0 Å². The van der Waals surface area contributed by atoms with Crippen molar-refractivity contribution >= 4 is 11.6 Å². The molecule has 0 unspecified atom stereocenters. The summed E-state index contributed by atoms with van der Waals surface area (Å²) >= 11 is 6.12. The molecule has 6 heteroatoms. The van der Waals surface area contributed by atoms with E-state index in [4.69, 9.17) is 16.3 Å². The van der Waals surface area contributed by atoms with Gasteiger partial charge in [0.15, 0.2) is 11.5 Å². The van der Waals surface area contributed by atoms with Gasteiger partial charge in [-0.2, -0.15) is 0 Å². The maximum atomic E-state index is 10.5. The number of fused-ring (bicyclic) bond motifs is 1. The van der Waals surface area contributed by atoms with Crippen LogP contribution in [0.15, 0.2) is 48.9 Å². The first-order valence-electron chi connectivity index (χ1n) is 8.52. The normalized spacial score (nSPS) is 14.5.